The quantitative estimate of drug-likeness (QED) is 0.577. The van der Waals surface area contributed by atoms with Gasteiger partial charge in [-0.05, 0) is 44.2 Å². The SMILES string of the molecule is Cc1onc(-c2c(F)cccc2Cl)c1C(=O)N1CCN(C(C)C(=O)Nc2cccc(F)c2)CC1. The van der Waals surface area contributed by atoms with Crippen LogP contribution in [0.3, 0.4) is 0 Å². The van der Waals surface area contributed by atoms with E-state index in [1.165, 1.54) is 36.4 Å². The molecule has 0 aliphatic carbocycles. The van der Waals surface area contributed by atoms with E-state index >= 15 is 0 Å². The van der Waals surface area contributed by atoms with Gasteiger partial charge in [-0.3, -0.25) is 14.5 Å². The van der Waals surface area contributed by atoms with Crippen molar-refractivity contribution in [2.45, 2.75) is 19.9 Å². The number of hydrogen-bond acceptors (Lipinski definition) is 5. The van der Waals surface area contributed by atoms with Crippen molar-refractivity contribution in [2.24, 2.45) is 0 Å². The van der Waals surface area contributed by atoms with Crippen LogP contribution >= 0.6 is 11.6 Å². The molecule has 178 valence electrons. The molecule has 1 atom stereocenters. The first-order valence-corrected chi connectivity index (χ1v) is 11.1. The second-order valence-corrected chi connectivity index (χ2v) is 8.47. The molecule has 1 fully saturated rings. The number of nitrogens with zero attached hydrogens (tertiary/aromatic N) is 3. The summed E-state index contributed by atoms with van der Waals surface area (Å²) in [4.78, 5) is 29.5. The Balaban J connectivity index is 1.44. The predicted molar refractivity (Wildman–Crippen MR) is 124 cm³/mol. The number of piperazine rings is 1. The van der Waals surface area contributed by atoms with E-state index in [9.17, 15) is 18.4 Å². The van der Waals surface area contributed by atoms with Gasteiger partial charge in [0.1, 0.15) is 28.7 Å². The standard InChI is InChI=1S/C24H23ClF2N4O3/c1-14(23(32)28-17-6-3-5-16(26)13-17)30-9-11-31(12-10-30)24(33)20-15(2)34-29-22(20)21-18(25)7-4-8-19(21)27/h3-8,13-14H,9-12H2,1-2H3,(H,28,32). The van der Waals surface area contributed by atoms with E-state index in [0.717, 1.165) is 0 Å². The van der Waals surface area contributed by atoms with Gasteiger partial charge < -0.3 is 14.7 Å². The molecule has 34 heavy (non-hydrogen) atoms. The van der Waals surface area contributed by atoms with E-state index < -0.39 is 17.7 Å². The number of nitrogens with one attached hydrogen (secondary N) is 1. The lowest BCUT2D eigenvalue weighted by Gasteiger charge is -2.37. The van der Waals surface area contributed by atoms with Gasteiger partial charge in [0.15, 0.2) is 0 Å². The molecule has 1 aliphatic heterocycles. The zero-order valence-corrected chi connectivity index (χ0v) is 19.4. The summed E-state index contributed by atoms with van der Waals surface area (Å²) in [5.74, 6) is -1.37. The first-order valence-electron chi connectivity index (χ1n) is 10.8. The molecule has 1 unspecified atom stereocenters. The highest BCUT2D eigenvalue weighted by atomic mass is 35.5. The number of rotatable bonds is 5. The van der Waals surface area contributed by atoms with Gasteiger partial charge >= 0.3 is 0 Å². The Kier molecular flexibility index (Phi) is 6.95. The average Bonchev–Trinajstić information content (AvgIpc) is 3.19. The van der Waals surface area contributed by atoms with E-state index in [0.29, 0.717) is 31.9 Å². The number of benzene rings is 2. The number of hydrogen-bond donors (Lipinski definition) is 1. The summed E-state index contributed by atoms with van der Waals surface area (Å²) in [7, 11) is 0. The molecular formula is C24H23ClF2N4O3. The van der Waals surface area contributed by atoms with Crippen molar-refractivity contribution < 1.29 is 22.9 Å². The van der Waals surface area contributed by atoms with Crippen molar-refractivity contribution in [1.82, 2.24) is 15.0 Å². The molecular weight excluding hydrogens is 466 g/mol. The fourth-order valence-electron chi connectivity index (χ4n) is 3.97. The van der Waals surface area contributed by atoms with Gasteiger partial charge in [-0.25, -0.2) is 8.78 Å². The number of amides is 2. The summed E-state index contributed by atoms with van der Waals surface area (Å²) in [6, 6.07) is 9.45. The lowest BCUT2D eigenvalue weighted by Crippen LogP contribution is -2.54. The number of halogens is 3. The topological polar surface area (TPSA) is 78.7 Å². The van der Waals surface area contributed by atoms with Crippen LogP contribution in [0.15, 0.2) is 47.0 Å². The molecule has 1 aromatic heterocycles. The molecule has 1 saturated heterocycles. The number of aryl methyl sites for hydroxylation is 1. The Hall–Kier alpha value is -3.30. The third kappa shape index (κ3) is 4.80. The van der Waals surface area contributed by atoms with Crippen molar-refractivity contribution in [3.05, 3.63) is 70.4 Å². The maximum absolute atomic E-state index is 14.5. The largest absolute Gasteiger partial charge is 0.360 e. The first kappa shape index (κ1) is 23.8. The molecule has 4 rings (SSSR count). The zero-order valence-electron chi connectivity index (χ0n) is 18.6. The highest BCUT2D eigenvalue weighted by Crippen LogP contribution is 2.34. The molecule has 10 heteroatoms. The summed E-state index contributed by atoms with van der Waals surface area (Å²) < 4.78 is 33.1. The molecule has 0 bridgehead atoms. The summed E-state index contributed by atoms with van der Waals surface area (Å²) in [6.07, 6.45) is 0. The van der Waals surface area contributed by atoms with E-state index in [4.69, 9.17) is 16.1 Å². The maximum Gasteiger partial charge on any atom is 0.259 e. The van der Waals surface area contributed by atoms with E-state index in [-0.39, 0.29) is 39.4 Å². The summed E-state index contributed by atoms with van der Waals surface area (Å²) in [5, 5.41) is 6.74. The summed E-state index contributed by atoms with van der Waals surface area (Å²) >= 11 is 6.17. The Morgan fingerprint density at radius 3 is 2.50 bits per heavy atom. The third-order valence-electron chi connectivity index (χ3n) is 5.90. The van der Waals surface area contributed by atoms with Crippen molar-refractivity contribution in [3.63, 3.8) is 0 Å². The Bertz CT molecular complexity index is 1200. The minimum atomic E-state index is -0.599. The monoisotopic (exact) mass is 488 g/mol. The first-order chi connectivity index (χ1) is 16.3. The molecule has 2 aromatic carbocycles. The molecule has 1 N–H and O–H groups in total. The second kappa shape index (κ2) is 9.90. The third-order valence-corrected chi connectivity index (χ3v) is 6.21. The number of carbonyl (C=O) groups excluding carboxylic acids is 2. The van der Waals surface area contributed by atoms with Gasteiger partial charge in [-0.15, -0.1) is 0 Å². The van der Waals surface area contributed by atoms with Gasteiger partial charge in [0, 0.05) is 31.9 Å². The lowest BCUT2D eigenvalue weighted by atomic mass is 10.0. The number of carbonyl (C=O) groups is 2. The minimum Gasteiger partial charge on any atom is -0.360 e. The van der Waals surface area contributed by atoms with Crippen LogP contribution in [0, 0.1) is 18.6 Å². The van der Waals surface area contributed by atoms with Gasteiger partial charge in [-0.1, -0.05) is 28.9 Å². The molecule has 0 saturated carbocycles. The second-order valence-electron chi connectivity index (χ2n) is 8.06. The lowest BCUT2D eigenvalue weighted by molar-refractivity contribution is -0.121. The molecule has 0 radical (unpaired) electrons. The van der Waals surface area contributed by atoms with Crippen LogP contribution < -0.4 is 5.32 Å². The Morgan fingerprint density at radius 2 is 1.82 bits per heavy atom. The van der Waals surface area contributed by atoms with Crippen LogP contribution in [-0.4, -0.2) is 59.0 Å². The Labute approximate surface area is 200 Å². The normalized spacial score (nSPS) is 15.3. The zero-order chi connectivity index (χ0) is 24.4. The van der Waals surface area contributed by atoms with Crippen LogP contribution in [0.1, 0.15) is 23.0 Å². The van der Waals surface area contributed by atoms with Crippen LogP contribution in [0.4, 0.5) is 14.5 Å². The highest BCUT2D eigenvalue weighted by molar-refractivity contribution is 6.33. The van der Waals surface area contributed by atoms with Gasteiger partial charge in [0.2, 0.25) is 5.91 Å². The smallest absolute Gasteiger partial charge is 0.259 e. The molecule has 0 spiro atoms. The van der Waals surface area contributed by atoms with Gasteiger partial charge in [0.25, 0.3) is 5.91 Å². The molecule has 1 aliphatic rings. The highest BCUT2D eigenvalue weighted by Gasteiger charge is 2.32. The van der Waals surface area contributed by atoms with Gasteiger partial charge in [0.05, 0.1) is 16.6 Å². The summed E-state index contributed by atoms with van der Waals surface area (Å²) in [5.41, 5.74) is 0.631. The van der Waals surface area contributed by atoms with Crippen LogP contribution in [0.5, 0.6) is 0 Å². The van der Waals surface area contributed by atoms with Crippen molar-refractivity contribution in [1.29, 1.82) is 0 Å². The maximum atomic E-state index is 14.5. The molecule has 3 aromatic rings. The van der Waals surface area contributed by atoms with Crippen LogP contribution in [0.25, 0.3) is 11.3 Å². The van der Waals surface area contributed by atoms with Gasteiger partial charge in [-0.2, -0.15) is 0 Å². The van der Waals surface area contributed by atoms with Crippen LogP contribution in [0.2, 0.25) is 5.02 Å². The number of anilines is 1. The number of aromatic nitrogens is 1. The fraction of sp³-hybridized carbons (Fsp3) is 0.292. The van der Waals surface area contributed by atoms with E-state index in [1.807, 2.05) is 4.90 Å². The van der Waals surface area contributed by atoms with E-state index in [1.54, 1.807) is 24.8 Å². The van der Waals surface area contributed by atoms with Crippen LogP contribution in [-0.2, 0) is 4.79 Å². The van der Waals surface area contributed by atoms with Crippen molar-refractivity contribution in [2.75, 3.05) is 31.5 Å². The molecule has 7 nitrogen and oxygen atoms in total. The molecule has 2 amide bonds. The fourth-order valence-corrected chi connectivity index (χ4v) is 4.22. The Morgan fingerprint density at radius 1 is 1.12 bits per heavy atom. The van der Waals surface area contributed by atoms with Crippen molar-refractivity contribution >= 4 is 29.1 Å². The van der Waals surface area contributed by atoms with Crippen molar-refractivity contribution in [3.8, 4) is 11.3 Å². The summed E-state index contributed by atoms with van der Waals surface area (Å²) in [6.45, 7) is 4.95. The average molecular weight is 489 g/mol. The molecule has 2 heterocycles. The predicted octanol–water partition coefficient (Wildman–Crippen LogP) is 4.37. The minimum absolute atomic E-state index is 0.0191. The van der Waals surface area contributed by atoms with E-state index in [2.05, 4.69) is 10.5 Å².